The zero-order valence-corrected chi connectivity index (χ0v) is 19.0. The molecule has 0 saturated carbocycles. The number of nitriles is 1. The summed E-state index contributed by atoms with van der Waals surface area (Å²) in [5.74, 6) is 2.03. The van der Waals surface area contributed by atoms with E-state index in [0.29, 0.717) is 42.3 Å². The van der Waals surface area contributed by atoms with Crippen molar-refractivity contribution < 1.29 is 9.47 Å². The smallest absolute Gasteiger partial charge is 0.162 e. The van der Waals surface area contributed by atoms with Gasteiger partial charge in [-0.15, -0.1) is 0 Å². The number of pyridine rings is 1. The third kappa shape index (κ3) is 3.74. The molecule has 5 heterocycles. The molecule has 0 aliphatic carbocycles. The van der Waals surface area contributed by atoms with E-state index in [0.717, 1.165) is 35.8 Å². The molecule has 170 valence electrons. The Morgan fingerprint density at radius 1 is 1.45 bits per heavy atom. The standard InChI is InChI=1S/C23H26N8O2/c1-23(2)22-28-18(13-30-11-16(12-30)32-4)21(31(22)5-6-33-23)29-19(25-3)14-7-17-15(8-24)10-27-20(17)26-9-14/h7,9-10,16H,3,5-6,11-13H2,1-2,4H3,(H,26,27)/b29-19-. The number of ether oxygens (including phenoxy) is 2. The maximum atomic E-state index is 9.38. The van der Waals surface area contributed by atoms with Crippen molar-refractivity contribution in [3.8, 4) is 6.07 Å². The van der Waals surface area contributed by atoms with Crippen molar-refractivity contribution in [3.05, 3.63) is 41.1 Å². The van der Waals surface area contributed by atoms with Crippen LogP contribution in [0.4, 0.5) is 5.82 Å². The number of imidazole rings is 1. The lowest BCUT2D eigenvalue weighted by Gasteiger charge is -2.37. The minimum absolute atomic E-state index is 0.257. The number of likely N-dealkylation sites (tertiary alicyclic amines) is 1. The highest BCUT2D eigenvalue weighted by Gasteiger charge is 2.35. The highest BCUT2D eigenvalue weighted by molar-refractivity contribution is 6.04. The fourth-order valence-corrected chi connectivity index (χ4v) is 4.38. The Hall–Kier alpha value is -3.39. The first-order valence-corrected chi connectivity index (χ1v) is 10.9. The molecule has 2 aliphatic heterocycles. The lowest BCUT2D eigenvalue weighted by Crippen LogP contribution is -2.51. The third-order valence-corrected chi connectivity index (χ3v) is 6.23. The monoisotopic (exact) mass is 446 g/mol. The van der Waals surface area contributed by atoms with Crippen molar-refractivity contribution in [2.24, 2.45) is 9.98 Å². The van der Waals surface area contributed by atoms with Gasteiger partial charge in [0, 0.05) is 56.6 Å². The van der Waals surface area contributed by atoms with E-state index in [2.05, 4.69) is 37.2 Å². The number of nitrogens with one attached hydrogen (secondary N) is 1. The van der Waals surface area contributed by atoms with Gasteiger partial charge in [0.15, 0.2) is 11.7 Å². The lowest BCUT2D eigenvalue weighted by atomic mass is 10.1. The second-order valence-corrected chi connectivity index (χ2v) is 8.80. The number of rotatable bonds is 5. The normalized spacial score (nSPS) is 18.7. The summed E-state index contributed by atoms with van der Waals surface area (Å²) in [6.07, 6.45) is 3.59. The molecule has 2 aliphatic rings. The quantitative estimate of drug-likeness (QED) is 0.475. The van der Waals surface area contributed by atoms with Crippen molar-refractivity contribution in [2.75, 3.05) is 26.8 Å². The van der Waals surface area contributed by atoms with Crippen LogP contribution in [0.2, 0.25) is 0 Å². The van der Waals surface area contributed by atoms with Crippen LogP contribution in [0.1, 0.15) is 36.5 Å². The number of aromatic amines is 1. The molecule has 0 atom stereocenters. The number of aromatic nitrogens is 4. The van der Waals surface area contributed by atoms with Gasteiger partial charge < -0.3 is 19.0 Å². The first-order chi connectivity index (χ1) is 15.9. The van der Waals surface area contributed by atoms with Crippen LogP contribution >= 0.6 is 0 Å². The van der Waals surface area contributed by atoms with Gasteiger partial charge in [-0.1, -0.05) is 0 Å². The zero-order valence-electron chi connectivity index (χ0n) is 19.0. The van der Waals surface area contributed by atoms with Gasteiger partial charge in [0.25, 0.3) is 0 Å². The Morgan fingerprint density at radius 3 is 3.00 bits per heavy atom. The number of aliphatic imine (C=N–C) groups is 2. The van der Waals surface area contributed by atoms with E-state index >= 15 is 0 Å². The van der Waals surface area contributed by atoms with Gasteiger partial charge in [0.1, 0.15) is 23.1 Å². The largest absolute Gasteiger partial charge is 0.379 e. The Labute approximate surface area is 191 Å². The van der Waals surface area contributed by atoms with Gasteiger partial charge in [-0.25, -0.2) is 20.0 Å². The number of hydrogen-bond acceptors (Lipinski definition) is 7. The summed E-state index contributed by atoms with van der Waals surface area (Å²) in [6, 6.07) is 4.05. The van der Waals surface area contributed by atoms with E-state index in [1.807, 2.05) is 19.9 Å². The highest BCUT2D eigenvalue weighted by Crippen LogP contribution is 2.35. The van der Waals surface area contributed by atoms with Crippen LogP contribution in [-0.2, 0) is 28.2 Å². The molecule has 10 nitrogen and oxygen atoms in total. The average Bonchev–Trinajstić information content (AvgIpc) is 3.35. The van der Waals surface area contributed by atoms with Gasteiger partial charge in [-0.3, -0.25) is 4.90 Å². The molecule has 1 fully saturated rings. The Kier molecular flexibility index (Phi) is 5.32. The first-order valence-electron chi connectivity index (χ1n) is 10.9. The topological polar surface area (TPSA) is 117 Å². The molecule has 0 bridgehead atoms. The van der Waals surface area contributed by atoms with Crippen LogP contribution < -0.4 is 0 Å². The predicted molar refractivity (Wildman–Crippen MR) is 124 cm³/mol. The van der Waals surface area contributed by atoms with Crippen molar-refractivity contribution in [1.29, 1.82) is 5.26 Å². The van der Waals surface area contributed by atoms with Crippen LogP contribution in [0.5, 0.6) is 0 Å². The molecule has 3 aromatic heterocycles. The number of nitrogens with zero attached hydrogens (tertiary/aromatic N) is 7. The molecule has 33 heavy (non-hydrogen) atoms. The molecule has 0 unspecified atom stereocenters. The molecule has 5 rings (SSSR count). The molecule has 0 aromatic carbocycles. The Bertz CT molecular complexity index is 1290. The van der Waals surface area contributed by atoms with Gasteiger partial charge in [-0.2, -0.15) is 5.26 Å². The molecule has 10 heteroatoms. The van der Waals surface area contributed by atoms with E-state index in [9.17, 15) is 5.26 Å². The predicted octanol–water partition coefficient (Wildman–Crippen LogP) is 2.51. The number of amidine groups is 1. The van der Waals surface area contributed by atoms with Crippen molar-refractivity contribution in [3.63, 3.8) is 0 Å². The summed E-state index contributed by atoms with van der Waals surface area (Å²) in [7, 11) is 1.74. The number of hydrogen-bond donors (Lipinski definition) is 1. The molecular weight excluding hydrogens is 420 g/mol. The first kappa shape index (κ1) is 21.5. The van der Waals surface area contributed by atoms with E-state index in [1.54, 1.807) is 19.5 Å². The molecule has 0 amide bonds. The zero-order chi connectivity index (χ0) is 23.2. The molecule has 3 aromatic rings. The van der Waals surface area contributed by atoms with Crippen LogP contribution in [-0.4, -0.2) is 69.9 Å². The SMILES string of the molecule is C=N/C(=N\c1c(CN2CC(OC)C2)nc2n1CCOC2(C)C)c1cnc2[nH]cc(C#N)c2c1. The average molecular weight is 447 g/mol. The van der Waals surface area contributed by atoms with Gasteiger partial charge in [-0.05, 0) is 26.6 Å². The van der Waals surface area contributed by atoms with Crippen LogP contribution in [0, 0.1) is 11.3 Å². The summed E-state index contributed by atoms with van der Waals surface area (Å²) in [5.41, 5.74) is 2.21. The van der Waals surface area contributed by atoms with Gasteiger partial charge in [0.2, 0.25) is 0 Å². The summed E-state index contributed by atoms with van der Waals surface area (Å²) >= 11 is 0. The maximum Gasteiger partial charge on any atom is 0.162 e. The molecule has 0 radical (unpaired) electrons. The third-order valence-electron chi connectivity index (χ3n) is 6.23. The molecule has 1 N–H and O–H groups in total. The summed E-state index contributed by atoms with van der Waals surface area (Å²) < 4.78 is 13.5. The number of H-pyrrole nitrogens is 1. The van der Waals surface area contributed by atoms with Gasteiger partial charge >= 0.3 is 0 Å². The lowest BCUT2D eigenvalue weighted by molar-refractivity contribution is -0.0537. The fraction of sp³-hybridized carbons (Fsp3) is 0.435. The minimum atomic E-state index is -0.514. The fourth-order valence-electron chi connectivity index (χ4n) is 4.38. The maximum absolute atomic E-state index is 9.38. The molecule has 0 spiro atoms. The molecular formula is C23H26N8O2. The summed E-state index contributed by atoms with van der Waals surface area (Å²) in [4.78, 5) is 23.8. The Balaban J connectivity index is 1.58. The number of fused-ring (bicyclic) bond motifs is 2. The van der Waals surface area contributed by atoms with Crippen LogP contribution in [0.3, 0.4) is 0 Å². The van der Waals surface area contributed by atoms with Crippen LogP contribution in [0.15, 0.2) is 28.4 Å². The van der Waals surface area contributed by atoms with Crippen molar-refractivity contribution >= 4 is 29.4 Å². The Morgan fingerprint density at radius 2 is 2.27 bits per heavy atom. The van der Waals surface area contributed by atoms with Crippen molar-refractivity contribution in [2.45, 2.75) is 38.6 Å². The van der Waals surface area contributed by atoms with Crippen molar-refractivity contribution in [1.82, 2.24) is 24.4 Å². The highest BCUT2D eigenvalue weighted by atomic mass is 16.5. The minimum Gasteiger partial charge on any atom is -0.379 e. The van der Waals surface area contributed by atoms with Gasteiger partial charge in [0.05, 0.1) is 24.0 Å². The van der Waals surface area contributed by atoms with E-state index < -0.39 is 5.60 Å². The second-order valence-electron chi connectivity index (χ2n) is 8.80. The van der Waals surface area contributed by atoms with E-state index in [4.69, 9.17) is 19.5 Å². The summed E-state index contributed by atoms with van der Waals surface area (Å²) in [6.45, 7) is 11.4. The van der Waals surface area contributed by atoms with E-state index in [-0.39, 0.29) is 6.10 Å². The second kappa shape index (κ2) is 8.19. The molecule has 1 saturated heterocycles. The number of methoxy groups -OCH3 is 1. The van der Waals surface area contributed by atoms with E-state index in [1.165, 1.54) is 0 Å². The van der Waals surface area contributed by atoms with Crippen LogP contribution in [0.25, 0.3) is 11.0 Å². The summed E-state index contributed by atoms with van der Waals surface area (Å²) in [5, 5.41) is 10.1.